The van der Waals surface area contributed by atoms with E-state index in [0.717, 1.165) is 15.6 Å². The lowest BCUT2D eigenvalue weighted by molar-refractivity contribution is -0.110. The van der Waals surface area contributed by atoms with Gasteiger partial charge in [-0.2, -0.15) is 0 Å². The smallest absolute Gasteiger partial charge is 0.258 e. The molecule has 0 aliphatic carbocycles. The van der Waals surface area contributed by atoms with Crippen LogP contribution in [0.25, 0.3) is 11.3 Å². The number of carbonyl (C=O) groups excluding carboxylic acids is 1. The van der Waals surface area contributed by atoms with E-state index in [9.17, 15) is 13.2 Å². The van der Waals surface area contributed by atoms with E-state index in [1.165, 1.54) is 10.6 Å². The van der Waals surface area contributed by atoms with Crippen molar-refractivity contribution >= 4 is 60.2 Å². The summed E-state index contributed by atoms with van der Waals surface area (Å²) >= 11 is 3.46. The highest BCUT2D eigenvalue weighted by Gasteiger charge is 2.29. The number of hydrogen-bond acceptors (Lipinski definition) is 7. The van der Waals surface area contributed by atoms with Crippen LogP contribution in [-0.4, -0.2) is 59.5 Å². The van der Waals surface area contributed by atoms with E-state index < -0.39 is 10.0 Å². The van der Waals surface area contributed by atoms with Gasteiger partial charge in [0.15, 0.2) is 11.5 Å². The number of amides is 1. The van der Waals surface area contributed by atoms with Crippen LogP contribution >= 0.6 is 15.9 Å². The third-order valence-corrected chi connectivity index (χ3v) is 7.90. The quantitative estimate of drug-likeness (QED) is 0.370. The van der Waals surface area contributed by atoms with Crippen LogP contribution in [0.2, 0.25) is 0 Å². The predicted molar refractivity (Wildman–Crippen MR) is 153 cm³/mol. The van der Waals surface area contributed by atoms with Gasteiger partial charge in [-0.1, -0.05) is 22.0 Å². The molecule has 0 saturated heterocycles. The van der Waals surface area contributed by atoms with Crippen molar-refractivity contribution in [2.75, 3.05) is 55.2 Å². The number of nitrogens with one attached hydrogen (secondary N) is 2. The predicted octanol–water partition coefficient (Wildman–Crippen LogP) is 4.44. The van der Waals surface area contributed by atoms with Gasteiger partial charge in [0.1, 0.15) is 0 Å². The maximum Gasteiger partial charge on any atom is 0.258 e. The Morgan fingerprint density at radius 1 is 1.00 bits per heavy atom. The first kappa shape index (κ1) is 26.1. The fourth-order valence-corrected chi connectivity index (χ4v) is 5.64. The second-order valence-electron chi connectivity index (χ2n) is 9.27. The number of halogens is 1. The summed E-state index contributed by atoms with van der Waals surface area (Å²) in [6, 6.07) is 18.3. The number of sulfonamides is 1. The second kappa shape index (κ2) is 10.3. The van der Waals surface area contributed by atoms with Crippen molar-refractivity contribution in [1.29, 1.82) is 0 Å². The summed E-state index contributed by atoms with van der Waals surface area (Å²) in [5, 5.41) is 6.34. The van der Waals surface area contributed by atoms with Gasteiger partial charge in [0.05, 0.1) is 28.9 Å². The van der Waals surface area contributed by atoms with Gasteiger partial charge in [0.2, 0.25) is 16.8 Å². The lowest BCUT2D eigenvalue weighted by atomic mass is 9.99. The SMILES string of the molecule is CN(C)CCN(c1ccc(N/C(=C2\C(=O)Nc3cc(Br)ccc32)c2ccc3c(c2)OCO3)cc1)S(C)(=O)=O. The number of rotatable bonds is 8. The van der Waals surface area contributed by atoms with Crippen LogP contribution in [0.15, 0.2) is 65.1 Å². The summed E-state index contributed by atoms with van der Waals surface area (Å²) in [5.74, 6) is 1.000. The zero-order valence-electron chi connectivity index (χ0n) is 21.1. The molecule has 2 heterocycles. The molecule has 1 amide bonds. The Morgan fingerprint density at radius 2 is 1.74 bits per heavy atom. The standard InChI is InChI=1S/C27H27BrN4O5S/c1-31(2)12-13-32(38(3,34)35)20-8-6-19(7-9-20)29-26(17-4-11-23-24(14-17)37-16-36-23)25-21-10-5-18(28)15-22(21)30-27(25)33/h4-11,14-15,29H,12-13,16H2,1-3H3,(H,30,33)/b26-25-. The van der Waals surface area contributed by atoms with Gasteiger partial charge in [0.25, 0.3) is 5.91 Å². The zero-order valence-corrected chi connectivity index (χ0v) is 23.5. The summed E-state index contributed by atoms with van der Waals surface area (Å²) in [4.78, 5) is 15.1. The summed E-state index contributed by atoms with van der Waals surface area (Å²) in [7, 11) is 0.334. The molecule has 0 aromatic heterocycles. The van der Waals surface area contributed by atoms with E-state index >= 15 is 0 Å². The molecule has 0 spiro atoms. The van der Waals surface area contributed by atoms with Crippen molar-refractivity contribution in [3.8, 4) is 11.5 Å². The van der Waals surface area contributed by atoms with Crippen molar-refractivity contribution in [1.82, 2.24) is 4.90 Å². The minimum Gasteiger partial charge on any atom is -0.454 e. The molecule has 3 aromatic carbocycles. The summed E-state index contributed by atoms with van der Waals surface area (Å²) in [6.45, 7) is 1.05. The third kappa shape index (κ3) is 5.35. The molecule has 0 fully saturated rings. The summed E-state index contributed by atoms with van der Waals surface area (Å²) in [6.07, 6.45) is 1.20. The molecule has 0 saturated carbocycles. The molecule has 0 radical (unpaired) electrons. The van der Waals surface area contributed by atoms with Crippen LogP contribution in [0.5, 0.6) is 11.5 Å². The molecule has 3 aromatic rings. The number of nitrogens with zero attached hydrogens (tertiary/aromatic N) is 2. The van der Waals surface area contributed by atoms with E-state index in [-0.39, 0.29) is 12.7 Å². The molecular formula is C27H27BrN4O5S. The number of benzene rings is 3. The van der Waals surface area contributed by atoms with Crippen LogP contribution in [-0.2, 0) is 14.8 Å². The van der Waals surface area contributed by atoms with Crippen LogP contribution in [0, 0.1) is 0 Å². The number of fused-ring (bicyclic) bond motifs is 2. The Hall–Kier alpha value is -3.54. The first-order chi connectivity index (χ1) is 18.1. The number of carbonyl (C=O) groups is 1. The lowest BCUT2D eigenvalue weighted by Crippen LogP contribution is -2.35. The van der Waals surface area contributed by atoms with Crippen LogP contribution < -0.4 is 24.4 Å². The fourth-order valence-electron chi connectivity index (χ4n) is 4.36. The average Bonchev–Trinajstić information content (AvgIpc) is 3.45. The average molecular weight is 600 g/mol. The van der Waals surface area contributed by atoms with Crippen LogP contribution in [0.1, 0.15) is 11.1 Å². The van der Waals surface area contributed by atoms with Crippen molar-refractivity contribution < 1.29 is 22.7 Å². The van der Waals surface area contributed by atoms with Gasteiger partial charge < -0.3 is 25.0 Å². The summed E-state index contributed by atoms with van der Waals surface area (Å²) in [5.41, 5.74) is 4.53. The molecule has 0 atom stereocenters. The Bertz CT molecular complexity index is 1540. The lowest BCUT2D eigenvalue weighted by Gasteiger charge is -2.24. The summed E-state index contributed by atoms with van der Waals surface area (Å²) < 4.78 is 38.2. The van der Waals surface area contributed by atoms with Crippen molar-refractivity contribution in [3.05, 3.63) is 76.3 Å². The number of ether oxygens (including phenoxy) is 2. The molecule has 11 heteroatoms. The molecule has 198 valence electrons. The highest BCUT2D eigenvalue weighted by molar-refractivity contribution is 9.10. The van der Waals surface area contributed by atoms with Gasteiger partial charge in [-0.25, -0.2) is 8.42 Å². The first-order valence-corrected chi connectivity index (χ1v) is 14.5. The Labute approximate surface area is 230 Å². The highest BCUT2D eigenvalue weighted by Crippen LogP contribution is 2.41. The maximum absolute atomic E-state index is 13.2. The molecule has 2 aliphatic heterocycles. The Balaban J connectivity index is 1.55. The van der Waals surface area contributed by atoms with Gasteiger partial charge >= 0.3 is 0 Å². The van der Waals surface area contributed by atoms with E-state index in [1.54, 1.807) is 24.3 Å². The van der Waals surface area contributed by atoms with Crippen LogP contribution in [0.3, 0.4) is 0 Å². The highest BCUT2D eigenvalue weighted by atomic mass is 79.9. The van der Waals surface area contributed by atoms with E-state index in [1.807, 2.05) is 55.4 Å². The molecule has 2 N–H and O–H groups in total. The normalized spacial score (nSPS) is 15.3. The molecule has 9 nitrogen and oxygen atoms in total. The zero-order chi connectivity index (χ0) is 27.0. The topological polar surface area (TPSA) is 100 Å². The van der Waals surface area contributed by atoms with Gasteiger partial charge in [-0.3, -0.25) is 9.10 Å². The molecule has 0 unspecified atom stereocenters. The van der Waals surface area contributed by atoms with E-state index in [0.29, 0.717) is 52.9 Å². The Morgan fingerprint density at radius 3 is 2.45 bits per heavy atom. The van der Waals surface area contributed by atoms with Crippen molar-refractivity contribution in [2.45, 2.75) is 0 Å². The molecule has 2 aliphatic rings. The number of hydrogen-bond donors (Lipinski definition) is 2. The molecule has 0 bridgehead atoms. The van der Waals surface area contributed by atoms with E-state index in [4.69, 9.17) is 9.47 Å². The molecule has 38 heavy (non-hydrogen) atoms. The van der Waals surface area contributed by atoms with Crippen molar-refractivity contribution in [3.63, 3.8) is 0 Å². The third-order valence-electron chi connectivity index (χ3n) is 6.21. The largest absolute Gasteiger partial charge is 0.454 e. The number of likely N-dealkylation sites (N-methyl/N-ethyl adjacent to an activating group) is 1. The monoisotopic (exact) mass is 598 g/mol. The van der Waals surface area contributed by atoms with Crippen molar-refractivity contribution in [2.24, 2.45) is 0 Å². The first-order valence-electron chi connectivity index (χ1n) is 11.9. The van der Waals surface area contributed by atoms with E-state index in [2.05, 4.69) is 26.6 Å². The van der Waals surface area contributed by atoms with Crippen LogP contribution in [0.4, 0.5) is 17.1 Å². The van der Waals surface area contributed by atoms with Gasteiger partial charge in [0, 0.05) is 34.4 Å². The second-order valence-corrected chi connectivity index (χ2v) is 12.1. The molecule has 5 rings (SSSR count). The fraction of sp³-hybridized carbons (Fsp3) is 0.222. The number of anilines is 3. The van der Waals surface area contributed by atoms with Gasteiger partial charge in [-0.05, 0) is 68.7 Å². The Kier molecular flexibility index (Phi) is 7.08. The van der Waals surface area contributed by atoms with Gasteiger partial charge in [-0.15, -0.1) is 0 Å². The minimum absolute atomic E-state index is 0.140. The minimum atomic E-state index is -3.46. The maximum atomic E-state index is 13.2. The molecular weight excluding hydrogens is 572 g/mol.